The number of piperidine rings is 2. The summed E-state index contributed by atoms with van der Waals surface area (Å²) in [5.74, 6) is 0.388. The van der Waals surface area contributed by atoms with Crippen LogP contribution in [0, 0.1) is 19.8 Å². The van der Waals surface area contributed by atoms with Crippen molar-refractivity contribution in [1.82, 2.24) is 9.80 Å². The molecule has 2 aliphatic rings. The first-order valence-corrected chi connectivity index (χ1v) is 15.0. The van der Waals surface area contributed by atoms with E-state index in [-0.39, 0.29) is 12.3 Å². The van der Waals surface area contributed by atoms with Gasteiger partial charge in [0.2, 0.25) is 5.91 Å². The Hall–Kier alpha value is -3.42. The highest BCUT2D eigenvalue weighted by Gasteiger charge is 2.35. The van der Waals surface area contributed by atoms with Crippen LogP contribution in [0.15, 0.2) is 56.3 Å². The number of hydrogen-bond acceptors (Lipinski definition) is 6. The molecule has 216 valence electrons. The highest BCUT2D eigenvalue weighted by molar-refractivity contribution is 6.11. The van der Waals surface area contributed by atoms with Gasteiger partial charge in [-0.2, -0.15) is 0 Å². The van der Waals surface area contributed by atoms with Gasteiger partial charge in [0.15, 0.2) is 0 Å². The quantitative estimate of drug-likeness (QED) is 0.244. The number of nitrogens with zero attached hydrogens (tertiary/aromatic N) is 2. The molecule has 7 heteroatoms. The summed E-state index contributed by atoms with van der Waals surface area (Å²) in [5.41, 5.74) is 4.89. The normalized spacial score (nSPS) is 19.5. The number of amides is 1. The fraction of sp³-hybridized carbons (Fsp3) is 0.471. The number of furan rings is 1. The van der Waals surface area contributed by atoms with Crippen LogP contribution in [0.5, 0.6) is 0 Å². The summed E-state index contributed by atoms with van der Waals surface area (Å²) in [4.78, 5) is 31.7. The minimum atomic E-state index is -0.459. The molecule has 0 N–H and O–H groups in total. The standard InChI is InChI=1S/C34H40N2O5/c1-22-18-29-32(33-31(22)27(21-40-33)24-10-5-4-6-11-24)23(2)26(34(38)41-29)19-30(37)36(16-17-39-3)20-25-12-9-15-35-14-8-7-13-28(25)35/h4-6,10-11,18,21,25,28H,7-9,12-17,19-20H2,1-3H3. The molecule has 41 heavy (non-hydrogen) atoms. The predicted molar refractivity (Wildman–Crippen MR) is 161 cm³/mol. The molecule has 6 rings (SSSR count). The lowest BCUT2D eigenvalue weighted by Crippen LogP contribution is -2.52. The number of carbonyl (C=O) groups excluding carboxylic acids is 1. The summed E-state index contributed by atoms with van der Waals surface area (Å²) in [6.07, 6.45) is 7.80. The molecule has 2 aromatic heterocycles. The van der Waals surface area contributed by atoms with Gasteiger partial charge in [0, 0.05) is 37.2 Å². The average Bonchev–Trinajstić information content (AvgIpc) is 3.43. The highest BCUT2D eigenvalue weighted by atomic mass is 16.5. The zero-order valence-corrected chi connectivity index (χ0v) is 24.4. The van der Waals surface area contributed by atoms with Gasteiger partial charge >= 0.3 is 5.63 Å². The van der Waals surface area contributed by atoms with Gasteiger partial charge in [-0.1, -0.05) is 36.8 Å². The summed E-state index contributed by atoms with van der Waals surface area (Å²) in [6, 6.07) is 12.6. The number of rotatable bonds is 8. The van der Waals surface area contributed by atoms with Crippen LogP contribution in [-0.2, 0) is 16.0 Å². The number of aryl methyl sites for hydroxylation is 2. The van der Waals surface area contributed by atoms with Gasteiger partial charge in [-0.25, -0.2) is 4.79 Å². The molecule has 0 radical (unpaired) electrons. The minimum absolute atomic E-state index is 0.00343. The van der Waals surface area contributed by atoms with Gasteiger partial charge < -0.3 is 23.4 Å². The predicted octanol–water partition coefficient (Wildman–Crippen LogP) is 6.11. The van der Waals surface area contributed by atoms with Gasteiger partial charge in [-0.05, 0) is 81.3 Å². The van der Waals surface area contributed by atoms with Gasteiger partial charge in [0.25, 0.3) is 0 Å². The smallest absolute Gasteiger partial charge is 0.340 e. The molecule has 4 heterocycles. The van der Waals surface area contributed by atoms with Crippen molar-refractivity contribution in [3.8, 4) is 11.1 Å². The van der Waals surface area contributed by atoms with E-state index in [0.29, 0.717) is 48.4 Å². The maximum atomic E-state index is 13.9. The van der Waals surface area contributed by atoms with Crippen molar-refractivity contribution in [3.63, 3.8) is 0 Å². The zero-order valence-electron chi connectivity index (χ0n) is 24.4. The Balaban J connectivity index is 1.34. The molecular weight excluding hydrogens is 516 g/mol. The molecule has 7 nitrogen and oxygen atoms in total. The fourth-order valence-corrected chi connectivity index (χ4v) is 7.18. The van der Waals surface area contributed by atoms with E-state index in [2.05, 4.69) is 17.0 Å². The van der Waals surface area contributed by atoms with Gasteiger partial charge in [-0.3, -0.25) is 4.79 Å². The summed E-state index contributed by atoms with van der Waals surface area (Å²) in [5, 5.41) is 1.75. The molecule has 0 aliphatic carbocycles. The average molecular weight is 557 g/mol. The third kappa shape index (κ3) is 5.33. The fourth-order valence-electron chi connectivity index (χ4n) is 7.18. The van der Waals surface area contributed by atoms with Crippen LogP contribution in [0.4, 0.5) is 0 Å². The molecule has 0 saturated carbocycles. The summed E-state index contributed by atoms with van der Waals surface area (Å²) in [7, 11) is 1.66. The highest BCUT2D eigenvalue weighted by Crippen LogP contribution is 2.39. The minimum Gasteiger partial charge on any atom is -0.463 e. The van der Waals surface area contributed by atoms with Crippen molar-refractivity contribution < 1.29 is 18.4 Å². The molecule has 2 atom stereocenters. The maximum Gasteiger partial charge on any atom is 0.340 e. The second-order valence-electron chi connectivity index (χ2n) is 11.8. The molecule has 0 spiro atoms. The third-order valence-corrected chi connectivity index (χ3v) is 9.30. The number of hydrogen-bond donors (Lipinski definition) is 0. The lowest BCUT2D eigenvalue weighted by molar-refractivity contribution is -0.132. The number of benzene rings is 2. The number of methoxy groups -OCH3 is 1. The lowest BCUT2D eigenvalue weighted by atomic mass is 9.83. The molecule has 2 aliphatic heterocycles. The van der Waals surface area contributed by atoms with Crippen LogP contribution in [0.1, 0.15) is 48.8 Å². The summed E-state index contributed by atoms with van der Waals surface area (Å²) < 4.78 is 17.4. The molecule has 1 amide bonds. The first kappa shape index (κ1) is 27.7. The van der Waals surface area contributed by atoms with Crippen LogP contribution in [-0.4, -0.2) is 61.6 Å². The number of fused-ring (bicyclic) bond motifs is 4. The van der Waals surface area contributed by atoms with Crippen molar-refractivity contribution in [3.05, 3.63) is 69.8 Å². The number of ether oxygens (including phenoxy) is 1. The third-order valence-electron chi connectivity index (χ3n) is 9.30. The van der Waals surface area contributed by atoms with E-state index in [9.17, 15) is 9.59 Å². The Labute approximate surface area is 241 Å². The van der Waals surface area contributed by atoms with Crippen molar-refractivity contribution in [2.45, 2.75) is 58.4 Å². The largest absolute Gasteiger partial charge is 0.463 e. The van der Waals surface area contributed by atoms with E-state index in [1.54, 1.807) is 13.4 Å². The second kappa shape index (κ2) is 11.8. The molecular formula is C34H40N2O5. The Kier molecular flexibility index (Phi) is 8.00. The van der Waals surface area contributed by atoms with E-state index in [1.165, 1.54) is 25.7 Å². The van der Waals surface area contributed by atoms with Crippen LogP contribution in [0.3, 0.4) is 0 Å². The van der Waals surface area contributed by atoms with Crippen LogP contribution in [0.2, 0.25) is 0 Å². The molecule has 2 saturated heterocycles. The van der Waals surface area contributed by atoms with Crippen molar-refractivity contribution >= 4 is 27.8 Å². The van der Waals surface area contributed by atoms with E-state index in [1.807, 2.05) is 43.0 Å². The SMILES string of the molecule is COCCN(CC1CCCN2CCCCC12)C(=O)Cc1c(C)c2c(cc(C)c3c(-c4ccccc4)coc32)oc1=O. The summed E-state index contributed by atoms with van der Waals surface area (Å²) in [6.45, 7) is 7.91. The number of carbonyl (C=O) groups is 1. The van der Waals surface area contributed by atoms with Crippen LogP contribution >= 0.6 is 0 Å². The molecule has 2 unspecified atom stereocenters. The van der Waals surface area contributed by atoms with E-state index in [4.69, 9.17) is 13.6 Å². The van der Waals surface area contributed by atoms with Gasteiger partial charge in [0.1, 0.15) is 11.2 Å². The van der Waals surface area contributed by atoms with E-state index < -0.39 is 5.63 Å². The Bertz CT molecular complexity index is 1600. The van der Waals surface area contributed by atoms with Gasteiger partial charge in [0.05, 0.1) is 30.2 Å². The zero-order chi connectivity index (χ0) is 28.5. The molecule has 2 fully saturated rings. The van der Waals surface area contributed by atoms with Crippen molar-refractivity contribution in [2.24, 2.45) is 5.92 Å². The Morgan fingerprint density at radius 3 is 2.68 bits per heavy atom. The van der Waals surface area contributed by atoms with Crippen molar-refractivity contribution in [1.29, 1.82) is 0 Å². The van der Waals surface area contributed by atoms with Gasteiger partial charge in [-0.15, -0.1) is 0 Å². The lowest BCUT2D eigenvalue weighted by Gasteiger charge is -2.45. The molecule has 0 bridgehead atoms. The molecule has 4 aromatic rings. The maximum absolute atomic E-state index is 13.9. The Morgan fingerprint density at radius 1 is 1.07 bits per heavy atom. The van der Waals surface area contributed by atoms with Crippen LogP contribution < -0.4 is 5.63 Å². The monoisotopic (exact) mass is 556 g/mol. The van der Waals surface area contributed by atoms with E-state index >= 15 is 0 Å². The molecule has 2 aromatic carbocycles. The van der Waals surface area contributed by atoms with E-state index in [0.717, 1.165) is 52.5 Å². The first-order valence-electron chi connectivity index (χ1n) is 15.0. The first-order chi connectivity index (χ1) is 20.0. The topological polar surface area (TPSA) is 76.1 Å². The van der Waals surface area contributed by atoms with Crippen LogP contribution in [0.25, 0.3) is 33.1 Å². The Morgan fingerprint density at radius 2 is 1.88 bits per heavy atom. The van der Waals surface area contributed by atoms with Crippen molar-refractivity contribution in [2.75, 3.05) is 39.9 Å². The summed E-state index contributed by atoms with van der Waals surface area (Å²) >= 11 is 0. The second-order valence-corrected chi connectivity index (χ2v) is 11.8.